The van der Waals surface area contributed by atoms with Gasteiger partial charge in [-0.15, -0.1) is 0 Å². The van der Waals surface area contributed by atoms with Crippen LogP contribution < -0.4 is 10.5 Å². The molecular weight excluding hydrogens is 391 g/mol. The summed E-state index contributed by atoms with van der Waals surface area (Å²) in [6.07, 6.45) is 1.08. The third-order valence-electron chi connectivity index (χ3n) is 5.69. The summed E-state index contributed by atoms with van der Waals surface area (Å²) in [6.45, 7) is 3.93. The molecule has 0 saturated carbocycles. The Morgan fingerprint density at radius 1 is 1.20 bits per heavy atom. The first-order chi connectivity index (χ1) is 14.3. The minimum absolute atomic E-state index is 0.0201. The Bertz CT molecular complexity index is 928. The van der Waals surface area contributed by atoms with E-state index in [9.17, 15) is 13.2 Å². The van der Waals surface area contributed by atoms with Gasteiger partial charge in [0, 0.05) is 37.5 Å². The zero-order valence-electron chi connectivity index (χ0n) is 17.2. The van der Waals surface area contributed by atoms with E-state index >= 15 is 0 Å². The summed E-state index contributed by atoms with van der Waals surface area (Å²) in [5, 5.41) is 8.94. The van der Waals surface area contributed by atoms with E-state index in [1.165, 1.54) is 18.2 Å². The van der Waals surface area contributed by atoms with Crippen molar-refractivity contribution in [2.75, 3.05) is 13.1 Å². The second kappa shape index (κ2) is 9.50. The van der Waals surface area contributed by atoms with Gasteiger partial charge in [-0.3, -0.25) is 4.90 Å². The lowest BCUT2D eigenvalue weighted by atomic mass is 9.96. The van der Waals surface area contributed by atoms with E-state index in [-0.39, 0.29) is 11.3 Å². The molecule has 3 rings (SSSR count). The predicted molar refractivity (Wildman–Crippen MR) is 108 cm³/mol. The number of quaternary nitrogens is 1. The summed E-state index contributed by atoms with van der Waals surface area (Å²) in [5.74, 6) is 0.266. The highest BCUT2D eigenvalue weighted by atomic mass is 19.3. The third kappa shape index (κ3) is 5.32. The smallest absolute Gasteiger partial charge is 0.387 e. The number of hydrogen-bond donors (Lipinski definition) is 1. The van der Waals surface area contributed by atoms with E-state index in [0.717, 1.165) is 25.1 Å². The second-order valence-corrected chi connectivity index (χ2v) is 8.29. The van der Waals surface area contributed by atoms with Crippen LogP contribution in [-0.2, 0) is 6.54 Å². The van der Waals surface area contributed by atoms with Gasteiger partial charge in [-0.2, -0.15) is 14.0 Å². The Kier molecular flexibility index (Phi) is 7.01. The van der Waals surface area contributed by atoms with Gasteiger partial charge in [0.25, 0.3) is 0 Å². The van der Waals surface area contributed by atoms with Gasteiger partial charge in [-0.05, 0) is 41.3 Å². The molecule has 30 heavy (non-hydrogen) atoms. The first kappa shape index (κ1) is 22.1. The van der Waals surface area contributed by atoms with Crippen molar-refractivity contribution in [2.45, 2.75) is 39.5 Å². The molecule has 3 atom stereocenters. The van der Waals surface area contributed by atoms with E-state index in [2.05, 4.69) is 29.2 Å². The highest BCUT2D eigenvalue weighted by Gasteiger charge is 2.27. The van der Waals surface area contributed by atoms with E-state index in [4.69, 9.17) is 5.26 Å². The molecule has 0 bridgehead atoms. The molecule has 0 aromatic heterocycles. The van der Waals surface area contributed by atoms with Crippen molar-refractivity contribution in [3.63, 3.8) is 0 Å². The predicted octanol–water partition coefficient (Wildman–Crippen LogP) is 4.05. The molecule has 4 nitrogen and oxygen atoms in total. The highest BCUT2D eigenvalue weighted by molar-refractivity contribution is 5.72. The number of rotatable bonds is 5. The van der Waals surface area contributed by atoms with Crippen LogP contribution in [0.4, 0.5) is 13.2 Å². The lowest BCUT2D eigenvalue weighted by molar-refractivity contribution is -0.433. The van der Waals surface area contributed by atoms with Crippen molar-refractivity contribution < 1.29 is 23.6 Å². The molecule has 2 aromatic rings. The average molecular weight is 418 g/mol. The molecule has 1 aliphatic heterocycles. The molecule has 1 aliphatic rings. The largest absolute Gasteiger partial charge is 0.434 e. The number of alkyl halides is 2. The molecule has 1 saturated heterocycles. The van der Waals surface area contributed by atoms with Crippen molar-refractivity contribution in [1.29, 1.82) is 5.26 Å². The maximum atomic E-state index is 14.1. The SMILES string of the molecule is C[C@@H]1CC([NH3+])[C@H](C)CN(Cc2ccc(OC(F)F)c(-c3ccc(C#N)c(F)c3)c2)C1. The molecule has 1 heterocycles. The number of ether oxygens (including phenoxy) is 1. The third-order valence-corrected chi connectivity index (χ3v) is 5.69. The molecule has 0 amide bonds. The number of hydrogen-bond acceptors (Lipinski definition) is 3. The van der Waals surface area contributed by atoms with Gasteiger partial charge in [0.15, 0.2) is 0 Å². The summed E-state index contributed by atoms with van der Waals surface area (Å²) in [7, 11) is 0. The summed E-state index contributed by atoms with van der Waals surface area (Å²) >= 11 is 0. The second-order valence-electron chi connectivity index (χ2n) is 8.29. The number of likely N-dealkylation sites (tertiary alicyclic amines) is 1. The molecule has 0 radical (unpaired) electrons. The fraction of sp³-hybridized carbons (Fsp3) is 0.435. The topological polar surface area (TPSA) is 63.9 Å². The van der Waals surface area contributed by atoms with Gasteiger partial charge in [0.2, 0.25) is 0 Å². The minimum atomic E-state index is -2.99. The zero-order chi connectivity index (χ0) is 21.8. The molecule has 160 valence electrons. The first-order valence-corrected chi connectivity index (χ1v) is 10.1. The van der Waals surface area contributed by atoms with E-state index in [1.54, 1.807) is 24.3 Å². The van der Waals surface area contributed by atoms with Gasteiger partial charge in [0.05, 0.1) is 11.6 Å². The summed E-state index contributed by atoms with van der Waals surface area (Å²) in [6, 6.07) is 11.3. The number of nitrogens with zero attached hydrogens (tertiary/aromatic N) is 2. The van der Waals surface area contributed by atoms with Crippen LogP contribution in [0, 0.1) is 29.0 Å². The van der Waals surface area contributed by atoms with Crippen LogP contribution in [0.1, 0.15) is 31.4 Å². The zero-order valence-corrected chi connectivity index (χ0v) is 17.2. The highest BCUT2D eigenvalue weighted by Crippen LogP contribution is 2.34. The Balaban J connectivity index is 1.93. The van der Waals surface area contributed by atoms with Crippen LogP contribution in [-0.4, -0.2) is 30.6 Å². The van der Waals surface area contributed by atoms with Gasteiger partial charge in [-0.25, -0.2) is 4.39 Å². The standard InChI is InChI=1S/C23H26F3N3O/c1-14-7-21(28)15(2)12-29(11-14)13-16-3-6-22(30-23(25)26)19(8-16)17-4-5-18(10-27)20(24)9-17/h3-6,8-9,14-15,21,23H,7,11-13,28H2,1-2H3/p+1/t14-,15-,21?/m1/s1. The average Bonchev–Trinajstić information content (AvgIpc) is 2.79. The monoisotopic (exact) mass is 418 g/mol. The minimum Gasteiger partial charge on any atom is -0.434 e. The van der Waals surface area contributed by atoms with Crippen LogP contribution in [0.3, 0.4) is 0 Å². The maximum Gasteiger partial charge on any atom is 0.387 e. The fourth-order valence-electron chi connectivity index (χ4n) is 4.16. The molecule has 2 aromatic carbocycles. The molecule has 7 heteroatoms. The molecule has 0 aliphatic carbocycles. The first-order valence-electron chi connectivity index (χ1n) is 10.1. The van der Waals surface area contributed by atoms with Crippen molar-refractivity contribution >= 4 is 0 Å². The van der Waals surface area contributed by atoms with Crippen LogP contribution in [0.15, 0.2) is 36.4 Å². The van der Waals surface area contributed by atoms with Crippen LogP contribution in [0.25, 0.3) is 11.1 Å². The van der Waals surface area contributed by atoms with Crippen LogP contribution >= 0.6 is 0 Å². The number of benzene rings is 2. The Labute approximate surface area is 175 Å². The Hall–Kier alpha value is -2.56. The van der Waals surface area contributed by atoms with Gasteiger partial charge < -0.3 is 10.5 Å². The van der Waals surface area contributed by atoms with Gasteiger partial charge in [0.1, 0.15) is 17.6 Å². The van der Waals surface area contributed by atoms with Crippen molar-refractivity contribution in [2.24, 2.45) is 11.8 Å². The van der Waals surface area contributed by atoms with Gasteiger partial charge >= 0.3 is 6.61 Å². The summed E-state index contributed by atoms with van der Waals surface area (Å²) < 4.78 is 44.6. The van der Waals surface area contributed by atoms with Crippen LogP contribution in [0.2, 0.25) is 0 Å². The van der Waals surface area contributed by atoms with E-state index in [0.29, 0.717) is 35.5 Å². The van der Waals surface area contributed by atoms with Crippen molar-refractivity contribution in [3.8, 4) is 22.9 Å². The van der Waals surface area contributed by atoms with E-state index in [1.807, 2.05) is 0 Å². The fourth-order valence-corrected chi connectivity index (χ4v) is 4.16. The quantitative estimate of drug-likeness (QED) is 0.797. The lowest BCUT2D eigenvalue weighted by Crippen LogP contribution is -2.64. The molecule has 1 fully saturated rings. The lowest BCUT2D eigenvalue weighted by Gasteiger charge is -2.24. The van der Waals surface area contributed by atoms with E-state index < -0.39 is 12.4 Å². The van der Waals surface area contributed by atoms with Crippen molar-refractivity contribution in [1.82, 2.24) is 4.90 Å². The molecule has 0 spiro atoms. The van der Waals surface area contributed by atoms with Gasteiger partial charge in [-0.1, -0.05) is 26.0 Å². The summed E-state index contributed by atoms with van der Waals surface area (Å²) in [4.78, 5) is 2.35. The summed E-state index contributed by atoms with van der Waals surface area (Å²) in [5.41, 5.74) is 5.87. The Morgan fingerprint density at radius 2 is 1.97 bits per heavy atom. The Morgan fingerprint density at radius 3 is 2.63 bits per heavy atom. The normalized spacial score (nSPS) is 22.5. The maximum absolute atomic E-state index is 14.1. The molecular formula is C23H27F3N3O+. The molecule has 1 unspecified atom stereocenters. The van der Waals surface area contributed by atoms with Crippen LogP contribution in [0.5, 0.6) is 5.75 Å². The number of nitriles is 1. The van der Waals surface area contributed by atoms with Crippen molar-refractivity contribution in [3.05, 3.63) is 53.3 Å². The molecule has 3 N–H and O–H groups in total. The number of halogens is 3.